The number of aliphatic hydroxyl groups is 1. The molecule has 2 aliphatic rings. The normalized spacial score (nSPS) is 14.6. The number of nitrogens with zero attached hydrogens (tertiary/aromatic N) is 3. The monoisotopic (exact) mass is 549 g/mol. The van der Waals surface area contributed by atoms with Crippen LogP contribution in [0, 0.1) is 0 Å². The number of piperidine rings is 1. The van der Waals surface area contributed by atoms with Crippen molar-refractivity contribution in [3.8, 4) is 0 Å². The fourth-order valence-electron chi connectivity index (χ4n) is 4.57. The molecule has 40 heavy (non-hydrogen) atoms. The molecule has 2 aromatic rings. The van der Waals surface area contributed by atoms with E-state index in [1.165, 1.54) is 0 Å². The van der Waals surface area contributed by atoms with E-state index >= 15 is 0 Å². The molecule has 0 aromatic heterocycles. The molecule has 4 rings (SSSR count). The van der Waals surface area contributed by atoms with Crippen molar-refractivity contribution < 1.29 is 14.7 Å². The van der Waals surface area contributed by atoms with Gasteiger partial charge in [0.1, 0.15) is 5.84 Å². The summed E-state index contributed by atoms with van der Waals surface area (Å²) in [7, 11) is 0. The Kier molecular flexibility index (Phi) is 13.9. The predicted octanol–water partition coefficient (Wildman–Crippen LogP) is 5.99. The van der Waals surface area contributed by atoms with Gasteiger partial charge in [0.2, 0.25) is 6.41 Å². The van der Waals surface area contributed by atoms with Crippen LogP contribution in [0.5, 0.6) is 0 Å². The average Bonchev–Trinajstić information content (AvgIpc) is 3.10. The number of nitrogens with one attached hydrogen (secondary N) is 1. The van der Waals surface area contributed by atoms with Crippen molar-refractivity contribution in [2.24, 2.45) is 10.7 Å². The Labute approximate surface area is 240 Å². The summed E-state index contributed by atoms with van der Waals surface area (Å²) in [5.74, 6) is 0.372. The Bertz CT molecular complexity index is 1130. The Morgan fingerprint density at radius 3 is 2.30 bits per heavy atom. The van der Waals surface area contributed by atoms with Gasteiger partial charge in [-0.05, 0) is 69.0 Å². The molecule has 2 amide bonds. The largest absolute Gasteiger partial charge is 0.393 e. The number of rotatable bonds is 8. The zero-order valence-electron chi connectivity index (χ0n) is 24.8. The van der Waals surface area contributed by atoms with Gasteiger partial charge in [0.05, 0.1) is 11.8 Å². The standard InChI is InChI=1S/C23H26N4O2.C7H15NO.C2H6/c1-15-12-16-2-3-17(14-21(16)26-22(24)13-15)23(29)25-18-4-6-19(7-5-18)27-10-8-20(28)9-11-27;1-3-5-8(7-9)6-4-2;1-2/h2-7,12,14,20,28H,8-11,13H2,1H3,(H2,24,26)(H,25,29);7H,3-6H2,1-2H3;1-2H3. The van der Waals surface area contributed by atoms with Crippen LogP contribution in [-0.2, 0) is 4.79 Å². The van der Waals surface area contributed by atoms with Crippen molar-refractivity contribution in [1.82, 2.24) is 4.90 Å². The van der Waals surface area contributed by atoms with Crippen molar-refractivity contribution >= 4 is 41.3 Å². The van der Waals surface area contributed by atoms with Crippen molar-refractivity contribution in [3.63, 3.8) is 0 Å². The number of carbonyl (C=O) groups excluding carboxylic acids is 2. The highest BCUT2D eigenvalue weighted by Gasteiger charge is 2.17. The van der Waals surface area contributed by atoms with Gasteiger partial charge >= 0.3 is 0 Å². The van der Waals surface area contributed by atoms with Crippen molar-refractivity contribution in [2.75, 3.05) is 36.4 Å². The SMILES string of the molecule is CC.CC1=Cc2ccc(C(=O)Nc3ccc(N4CCC(O)CC4)cc3)cc2N=C(N)C1.CCCN(C=O)CCC. The van der Waals surface area contributed by atoms with E-state index in [1.807, 2.05) is 57.2 Å². The van der Waals surface area contributed by atoms with Crippen LogP contribution in [0.2, 0.25) is 0 Å². The first kappa shape index (κ1) is 32.6. The van der Waals surface area contributed by atoms with Gasteiger partial charge in [0.15, 0.2) is 0 Å². The van der Waals surface area contributed by atoms with Crippen molar-refractivity contribution in [2.45, 2.75) is 72.8 Å². The summed E-state index contributed by atoms with van der Waals surface area (Å²) in [6.45, 7) is 13.7. The average molecular weight is 550 g/mol. The Hall–Kier alpha value is -3.65. The minimum atomic E-state index is -0.190. The number of amidine groups is 1. The first-order chi connectivity index (χ1) is 19.3. The second kappa shape index (κ2) is 17.1. The number of hydrogen-bond acceptors (Lipinski definition) is 6. The van der Waals surface area contributed by atoms with E-state index < -0.39 is 0 Å². The number of fused-ring (bicyclic) bond motifs is 1. The lowest BCUT2D eigenvalue weighted by atomic mass is 10.1. The summed E-state index contributed by atoms with van der Waals surface area (Å²) >= 11 is 0. The maximum Gasteiger partial charge on any atom is 0.255 e. The molecule has 2 aliphatic heterocycles. The summed E-state index contributed by atoms with van der Waals surface area (Å²) in [6, 6.07) is 13.3. The Morgan fingerprint density at radius 1 is 1.10 bits per heavy atom. The third-order valence-corrected chi connectivity index (χ3v) is 6.54. The van der Waals surface area contributed by atoms with Gasteiger partial charge < -0.3 is 26.0 Å². The lowest BCUT2D eigenvalue weighted by molar-refractivity contribution is -0.118. The van der Waals surface area contributed by atoms with Crippen LogP contribution < -0.4 is 16.0 Å². The number of benzene rings is 2. The van der Waals surface area contributed by atoms with Crippen molar-refractivity contribution in [3.05, 3.63) is 59.2 Å². The summed E-state index contributed by atoms with van der Waals surface area (Å²) in [5.41, 5.74) is 11.2. The second-order valence-corrected chi connectivity index (χ2v) is 9.90. The fraction of sp³-hybridized carbons (Fsp3) is 0.469. The van der Waals surface area contributed by atoms with Gasteiger partial charge in [0, 0.05) is 55.1 Å². The first-order valence-electron chi connectivity index (χ1n) is 14.5. The number of aliphatic imine (C=N–C) groups is 1. The van der Waals surface area contributed by atoms with Crippen LogP contribution >= 0.6 is 0 Å². The zero-order chi connectivity index (χ0) is 29.5. The van der Waals surface area contributed by atoms with E-state index in [0.29, 0.717) is 17.8 Å². The third kappa shape index (κ3) is 10.2. The van der Waals surface area contributed by atoms with Crippen LogP contribution in [0.4, 0.5) is 17.1 Å². The second-order valence-electron chi connectivity index (χ2n) is 9.90. The molecule has 0 radical (unpaired) electrons. The van der Waals surface area contributed by atoms with Crippen LogP contribution in [0.1, 0.15) is 82.6 Å². The van der Waals surface area contributed by atoms with Crippen LogP contribution in [0.15, 0.2) is 53.0 Å². The quantitative estimate of drug-likeness (QED) is 0.351. The first-order valence-corrected chi connectivity index (χ1v) is 14.5. The maximum absolute atomic E-state index is 12.7. The molecule has 0 unspecified atom stereocenters. The summed E-state index contributed by atoms with van der Waals surface area (Å²) < 4.78 is 0. The van der Waals surface area contributed by atoms with Gasteiger partial charge in [-0.15, -0.1) is 0 Å². The molecule has 1 fully saturated rings. The van der Waals surface area contributed by atoms with Gasteiger partial charge in [-0.2, -0.15) is 0 Å². The summed E-state index contributed by atoms with van der Waals surface area (Å²) in [4.78, 5) is 31.4. The van der Waals surface area contributed by atoms with Crippen LogP contribution in [0.25, 0.3) is 6.08 Å². The molecule has 8 nitrogen and oxygen atoms in total. The fourth-order valence-corrected chi connectivity index (χ4v) is 4.57. The Morgan fingerprint density at radius 2 is 1.73 bits per heavy atom. The number of aliphatic hydroxyl groups excluding tert-OH is 1. The minimum absolute atomic E-state index is 0.180. The van der Waals surface area contributed by atoms with Gasteiger partial charge in [-0.25, -0.2) is 4.99 Å². The van der Waals surface area contributed by atoms with E-state index in [2.05, 4.69) is 35.1 Å². The highest BCUT2D eigenvalue weighted by Crippen LogP contribution is 2.28. The molecule has 0 bridgehead atoms. The zero-order valence-corrected chi connectivity index (χ0v) is 24.8. The van der Waals surface area contributed by atoms with Crippen LogP contribution in [0.3, 0.4) is 0 Å². The maximum atomic E-state index is 12.7. The van der Waals surface area contributed by atoms with E-state index in [9.17, 15) is 14.7 Å². The highest BCUT2D eigenvalue weighted by molar-refractivity contribution is 6.05. The predicted molar refractivity (Wildman–Crippen MR) is 167 cm³/mol. The smallest absolute Gasteiger partial charge is 0.255 e. The third-order valence-electron chi connectivity index (χ3n) is 6.54. The molecule has 0 atom stereocenters. The lowest BCUT2D eigenvalue weighted by Gasteiger charge is -2.31. The number of carbonyl (C=O) groups is 2. The van der Waals surface area contributed by atoms with E-state index in [-0.39, 0.29) is 12.0 Å². The van der Waals surface area contributed by atoms with E-state index in [1.54, 1.807) is 11.0 Å². The molecule has 0 aliphatic carbocycles. The molecule has 218 valence electrons. The summed E-state index contributed by atoms with van der Waals surface area (Å²) in [6.07, 6.45) is 7.11. The molecule has 1 saturated heterocycles. The van der Waals surface area contributed by atoms with E-state index in [0.717, 1.165) is 86.5 Å². The van der Waals surface area contributed by atoms with Gasteiger partial charge in [-0.1, -0.05) is 45.4 Å². The molecular formula is C32H47N5O3. The lowest BCUT2D eigenvalue weighted by Crippen LogP contribution is -2.35. The number of nitrogens with two attached hydrogens (primary N) is 1. The molecule has 2 aromatic carbocycles. The molecular weight excluding hydrogens is 502 g/mol. The highest BCUT2D eigenvalue weighted by atomic mass is 16.3. The molecule has 2 heterocycles. The topological polar surface area (TPSA) is 111 Å². The van der Waals surface area contributed by atoms with E-state index in [4.69, 9.17) is 5.73 Å². The summed E-state index contributed by atoms with van der Waals surface area (Å²) in [5, 5.41) is 12.6. The minimum Gasteiger partial charge on any atom is -0.393 e. The molecule has 4 N–H and O–H groups in total. The van der Waals surface area contributed by atoms with Gasteiger partial charge in [0.25, 0.3) is 5.91 Å². The van der Waals surface area contributed by atoms with Gasteiger partial charge in [-0.3, -0.25) is 9.59 Å². The molecule has 0 spiro atoms. The van der Waals surface area contributed by atoms with Crippen molar-refractivity contribution in [1.29, 1.82) is 0 Å². The number of anilines is 2. The molecule has 8 heteroatoms. The number of amides is 2. The molecule has 0 saturated carbocycles. The van der Waals surface area contributed by atoms with Crippen LogP contribution in [-0.4, -0.2) is 60.4 Å². The number of hydrogen-bond donors (Lipinski definition) is 3. The Balaban J connectivity index is 0.000000436.